The SMILES string of the molecule is CC[C@@H](O)c1ccc(OCCC(C)C)cc1. The minimum Gasteiger partial charge on any atom is -0.494 e. The van der Waals surface area contributed by atoms with Crippen LogP contribution in [0.5, 0.6) is 5.75 Å². The molecule has 0 radical (unpaired) electrons. The molecule has 1 atom stereocenters. The number of rotatable bonds is 6. The number of hydrogen-bond donors (Lipinski definition) is 1. The van der Waals surface area contributed by atoms with Gasteiger partial charge in [-0.1, -0.05) is 32.9 Å². The Bertz CT molecular complexity index is 290. The van der Waals surface area contributed by atoms with Crippen molar-refractivity contribution in [2.24, 2.45) is 5.92 Å². The maximum Gasteiger partial charge on any atom is 0.119 e. The van der Waals surface area contributed by atoms with Gasteiger partial charge in [-0.15, -0.1) is 0 Å². The highest BCUT2D eigenvalue weighted by molar-refractivity contribution is 5.28. The van der Waals surface area contributed by atoms with Crippen molar-refractivity contribution in [3.8, 4) is 5.75 Å². The van der Waals surface area contributed by atoms with E-state index in [-0.39, 0.29) is 6.10 Å². The third-order valence-corrected chi connectivity index (χ3v) is 2.62. The van der Waals surface area contributed by atoms with Crippen LogP contribution in [-0.2, 0) is 0 Å². The Morgan fingerprint density at radius 3 is 2.31 bits per heavy atom. The van der Waals surface area contributed by atoms with Crippen molar-refractivity contribution in [1.29, 1.82) is 0 Å². The average molecular weight is 222 g/mol. The minimum atomic E-state index is -0.357. The standard InChI is InChI=1S/C14H22O2/c1-4-14(15)12-5-7-13(8-6-12)16-10-9-11(2)3/h5-8,11,14-15H,4,9-10H2,1-3H3/t14-/m1/s1. The highest BCUT2D eigenvalue weighted by Crippen LogP contribution is 2.20. The van der Waals surface area contributed by atoms with Crippen molar-refractivity contribution < 1.29 is 9.84 Å². The third kappa shape index (κ3) is 4.23. The highest BCUT2D eigenvalue weighted by atomic mass is 16.5. The molecule has 0 saturated carbocycles. The Hall–Kier alpha value is -1.02. The fourth-order valence-corrected chi connectivity index (χ4v) is 1.43. The number of aliphatic hydroxyl groups excluding tert-OH is 1. The summed E-state index contributed by atoms with van der Waals surface area (Å²) in [4.78, 5) is 0. The van der Waals surface area contributed by atoms with Gasteiger partial charge >= 0.3 is 0 Å². The molecule has 1 aromatic rings. The largest absolute Gasteiger partial charge is 0.494 e. The van der Waals surface area contributed by atoms with Crippen LogP contribution in [0.3, 0.4) is 0 Å². The van der Waals surface area contributed by atoms with Crippen LogP contribution in [0.25, 0.3) is 0 Å². The van der Waals surface area contributed by atoms with Crippen LogP contribution < -0.4 is 4.74 Å². The van der Waals surface area contributed by atoms with Gasteiger partial charge in [0.1, 0.15) is 5.75 Å². The average Bonchev–Trinajstić information content (AvgIpc) is 2.28. The fourth-order valence-electron chi connectivity index (χ4n) is 1.43. The van der Waals surface area contributed by atoms with Gasteiger partial charge in [-0.05, 0) is 36.5 Å². The van der Waals surface area contributed by atoms with E-state index >= 15 is 0 Å². The molecule has 1 aromatic carbocycles. The minimum absolute atomic E-state index is 0.357. The molecule has 16 heavy (non-hydrogen) atoms. The zero-order valence-corrected chi connectivity index (χ0v) is 10.4. The lowest BCUT2D eigenvalue weighted by Gasteiger charge is -2.10. The van der Waals surface area contributed by atoms with Crippen molar-refractivity contribution in [2.75, 3.05) is 6.61 Å². The molecule has 0 spiro atoms. The molecule has 0 saturated heterocycles. The predicted molar refractivity (Wildman–Crippen MR) is 66.6 cm³/mol. The van der Waals surface area contributed by atoms with Crippen molar-refractivity contribution in [3.63, 3.8) is 0 Å². The van der Waals surface area contributed by atoms with E-state index < -0.39 is 0 Å². The summed E-state index contributed by atoms with van der Waals surface area (Å²) in [6.45, 7) is 7.10. The van der Waals surface area contributed by atoms with Crippen LogP contribution >= 0.6 is 0 Å². The number of hydrogen-bond acceptors (Lipinski definition) is 2. The Balaban J connectivity index is 2.45. The van der Waals surface area contributed by atoms with E-state index in [1.54, 1.807) is 0 Å². The van der Waals surface area contributed by atoms with Crippen LogP contribution in [0.1, 0.15) is 45.3 Å². The second-order valence-corrected chi connectivity index (χ2v) is 4.52. The van der Waals surface area contributed by atoms with Crippen molar-refractivity contribution >= 4 is 0 Å². The second kappa shape index (κ2) is 6.54. The first-order chi connectivity index (χ1) is 7.63. The van der Waals surface area contributed by atoms with Gasteiger partial charge in [-0.3, -0.25) is 0 Å². The molecule has 0 unspecified atom stereocenters. The summed E-state index contributed by atoms with van der Waals surface area (Å²) < 4.78 is 5.60. The van der Waals surface area contributed by atoms with E-state index in [0.717, 1.165) is 30.8 Å². The molecular formula is C14H22O2. The van der Waals surface area contributed by atoms with E-state index in [4.69, 9.17) is 4.74 Å². The van der Waals surface area contributed by atoms with Gasteiger partial charge in [0.05, 0.1) is 12.7 Å². The quantitative estimate of drug-likeness (QED) is 0.797. The predicted octanol–water partition coefficient (Wildman–Crippen LogP) is 3.55. The van der Waals surface area contributed by atoms with Gasteiger partial charge in [0, 0.05) is 0 Å². The maximum absolute atomic E-state index is 9.63. The zero-order chi connectivity index (χ0) is 12.0. The molecule has 0 heterocycles. The smallest absolute Gasteiger partial charge is 0.119 e. The molecule has 2 nitrogen and oxygen atoms in total. The topological polar surface area (TPSA) is 29.5 Å². The maximum atomic E-state index is 9.63. The normalized spacial score (nSPS) is 12.8. The van der Waals surface area contributed by atoms with Crippen LogP contribution in [0.4, 0.5) is 0 Å². The van der Waals surface area contributed by atoms with Crippen molar-refractivity contribution in [1.82, 2.24) is 0 Å². The lowest BCUT2D eigenvalue weighted by molar-refractivity contribution is 0.173. The molecule has 0 aliphatic carbocycles. The Kier molecular flexibility index (Phi) is 5.33. The summed E-state index contributed by atoms with van der Waals surface area (Å²) in [7, 11) is 0. The van der Waals surface area contributed by atoms with E-state index in [0.29, 0.717) is 5.92 Å². The van der Waals surface area contributed by atoms with Crippen LogP contribution in [0, 0.1) is 5.92 Å². The van der Waals surface area contributed by atoms with Gasteiger partial charge in [-0.25, -0.2) is 0 Å². The fraction of sp³-hybridized carbons (Fsp3) is 0.571. The molecule has 0 fully saturated rings. The van der Waals surface area contributed by atoms with E-state index in [9.17, 15) is 5.11 Å². The zero-order valence-electron chi connectivity index (χ0n) is 10.4. The Morgan fingerprint density at radius 1 is 1.19 bits per heavy atom. The molecule has 0 aromatic heterocycles. The van der Waals surface area contributed by atoms with Gasteiger partial charge in [-0.2, -0.15) is 0 Å². The first-order valence-corrected chi connectivity index (χ1v) is 6.04. The van der Waals surface area contributed by atoms with Crippen LogP contribution in [0.15, 0.2) is 24.3 Å². The molecule has 1 N–H and O–H groups in total. The molecule has 1 rings (SSSR count). The Morgan fingerprint density at radius 2 is 1.81 bits per heavy atom. The summed E-state index contributed by atoms with van der Waals surface area (Å²) >= 11 is 0. The van der Waals surface area contributed by atoms with E-state index in [1.165, 1.54) is 0 Å². The number of ether oxygens (including phenoxy) is 1. The van der Waals surface area contributed by atoms with E-state index in [2.05, 4.69) is 13.8 Å². The van der Waals surface area contributed by atoms with Crippen molar-refractivity contribution in [3.05, 3.63) is 29.8 Å². The first kappa shape index (κ1) is 13.0. The van der Waals surface area contributed by atoms with Gasteiger partial charge in [0.15, 0.2) is 0 Å². The molecule has 0 bridgehead atoms. The summed E-state index contributed by atoms with van der Waals surface area (Å²) in [5.74, 6) is 1.55. The molecule has 90 valence electrons. The molecule has 2 heteroatoms. The monoisotopic (exact) mass is 222 g/mol. The lowest BCUT2D eigenvalue weighted by atomic mass is 10.1. The number of benzene rings is 1. The van der Waals surface area contributed by atoms with Gasteiger partial charge in [0.25, 0.3) is 0 Å². The first-order valence-electron chi connectivity index (χ1n) is 6.04. The lowest BCUT2D eigenvalue weighted by Crippen LogP contribution is -2.01. The van der Waals surface area contributed by atoms with Crippen molar-refractivity contribution in [2.45, 2.75) is 39.7 Å². The third-order valence-electron chi connectivity index (χ3n) is 2.62. The summed E-state index contributed by atoms with van der Waals surface area (Å²) in [6, 6.07) is 7.71. The highest BCUT2D eigenvalue weighted by Gasteiger charge is 2.04. The van der Waals surface area contributed by atoms with Gasteiger partial charge in [0.2, 0.25) is 0 Å². The Labute approximate surface area is 98.3 Å². The number of aliphatic hydroxyl groups is 1. The second-order valence-electron chi connectivity index (χ2n) is 4.52. The van der Waals surface area contributed by atoms with Gasteiger partial charge < -0.3 is 9.84 Å². The van der Waals surface area contributed by atoms with Crippen LogP contribution in [0.2, 0.25) is 0 Å². The summed E-state index contributed by atoms with van der Waals surface area (Å²) in [6.07, 6.45) is 1.46. The molecule has 0 amide bonds. The summed E-state index contributed by atoms with van der Waals surface area (Å²) in [5.41, 5.74) is 0.957. The summed E-state index contributed by atoms with van der Waals surface area (Å²) in [5, 5.41) is 9.63. The molecule has 0 aliphatic rings. The van der Waals surface area contributed by atoms with E-state index in [1.807, 2.05) is 31.2 Å². The molecule has 0 aliphatic heterocycles. The van der Waals surface area contributed by atoms with Crippen LogP contribution in [-0.4, -0.2) is 11.7 Å². The molecular weight excluding hydrogens is 200 g/mol.